The average molecular weight is 419 g/mol. The maximum Gasteiger partial charge on any atom is 0.196 e. The highest BCUT2D eigenvalue weighted by Gasteiger charge is 2.46. The van der Waals surface area contributed by atoms with E-state index in [1.165, 1.54) is 24.0 Å². The molecule has 5 heteroatoms. The summed E-state index contributed by atoms with van der Waals surface area (Å²) in [6.07, 6.45) is 7.82. The Kier molecular flexibility index (Phi) is 5.63. The van der Waals surface area contributed by atoms with Crippen molar-refractivity contribution in [2.75, 3.05) is 13.2 Å². The summed E-state index contributed by atoms with van der Waals surface area (Å²) in [4.78, 5) is 8.62. The highest BCUT2D eigenvalue weighted by Crippen LogP contribution is 2.50. The number of aryl methyl sites for hydroxylation is 1. The molecular formula is C26H30N2O3. The molecule has 1 saturated heterocycles. The lowest BCUT2D eigenvalue weighted by atomic mass is 9.88. The second-order valence-corrected chi connectivity index (χ2v) is 9.00. The van der Waals surface area contributed by atoms with Gasteiger partial charge in [0.1, 0.15) is 17.8 Å². The fourth-order valence-corrected chi connectivity index (χ4v) is 4.51. The highest BCUT2D eigenvalue weighted by atomic mass is 16.7. The highest BCUT2D eigenvalue weighted by molar-refractivity contribution is 5.74. The molecule has 162 valence electrons. The Hall–Kier alpha value is -2.50. The molecule has 0 spiro atoms. The average Bonchev–Trinajstić information content (AvgIpc) is 3.58. The van der Waals surface area contributed by atoms with Gasteiger partial charge >= 0.3 is 0 Å². The Morgan fingerprint density at radius 2 is 1.87 bits per heavy atom. The summed E-state index contributed by atoms with van der Waals surface area (Å²) in [6.45, 7) is 5.55. The molecule has 0 N–H and O–H groups in total. The number of hydrogen-bond acceptors (Lipinski definition) is 5. The van der Waals surface area contributed by atoms with Crippen LogP contribution in [0, 0.1) is 12.8 Å². The van der Waals surface area contributed by atoms with E-state index < -0.39 is 5.79 Å². The predicted molar refractivity (Wildman–Crippen MR) is 122 cm³/mol. The van der Waals surface area contributed by atoms with Crippen LogP contribution in [0.3, 0.4) is 0 Å². The van der Waals surface area contributed by atoms with E-state index >= 15 is 0 Å². The predicted octanol–water partition coefficient (Wildman–Crippen LogP) is 5.76. The topological polar surface area (TPSA) is 52.4 Å². The van der Waals surface area contributed by atoms with E-state index in [4.69, 9.17) is 14.2 Å². The van der Waals surface area contributed by atoms with Crippen LogP contribution in [-0.2, 0) is 15.3 Å². The molecule has 31 heavy (non-hydrogen) atoms. The van der Waals surface area contributed by atoms with Crippen LogP contribution in [0.1, 0.15) is 55.2 Å². The largest absolute Gasteiger partial charge is 0.457 e. The first-order chi connectivity index (χ1) is 15.1. The van der Waals surface area contributed by atoms with Crippen LogP contribution in [-0.4, -0.2) is 31.8 Å². The summed E-state index contributed by atoms with van der Waals surface area (Å²) < 4.78 is 19.1. The number of nitrogens with zero attached hydrogens (tertiary/aromatic N) is 2. The first kappa shape index (κ1) is 20.4. The summed E-state index contributed by atoms with van der Waals surface area (Å²) in [7, 11) is 0. The first-order valence-corrected chi connectivity index (χ1v) is 11.3. The lowest BCUT2D eigenvalue weighted by Gasteiger charge is -2.33. The molecule has 0 bridgehead atoms. The Morgan fingerprint density at radius 1 is 1.06 bits per heavy atom. The van der Waals surface area contributed by atoms with Gasteiger partial charge in [-0.15, -0.1) is 0 Å². The van der Waals surface area contributed by atoms with Crippen molar-refractivity contribution in [2.24, 2.45) is 15.9 Å². The molecular weight excluding hydrogens is 388 g/mol. The minimum absolute atomic E-state index is 0.0644. The summed E-state index contributed by atoms with van der Waals surface area (Å²) in [5, 5.41) is 0. The van der Waals surface area contributed by atoms with Gasteiger partial charge in [0.05, 0.1) is 12.7 Å². The lowest BCUT2D eigenvalue weighted by molar-refractivity contribution is -0.185. The van der Waals surface area contributed by atoms with Gasteiger partial charge in [0.25, 0.3) is 0 Å². The van der Waals surface area contributed by atoms with E-state index in [2.05, 4.69) is 48.1 Å². The summed E-state index contributed by atoms with van der Waals surface area (Å²) >= 11 is 0. The van der Waals surface area contributed by atoms with Crippen LogP contribution in [0.15, 0.2) is 52.4 Å². The molecule has 0 radical (unpaired) electrons. The molecule has 2 aromatic carbocycles. The van der Waals surface area contributed by atoms with Crippen molar-refractivity contribution < 1.29 is 14.2 Å². The second kappa shape index (κ2) is 8.56. The SMILES string of the molecule is Cc1ccc(Oc2ccc(C3(CC4C=NC=NCC4)OCC(C)O3)c(C3CC3)c2)cc1. The third-order valence-electron chi connectivity index (χ3n) is 6.26. The molecule has 1 saturated carbocycles. The number of aliphatic imine (C=N–C) groups is 2. The van der Waals surface area contributed by atoms with Crippen LogP contribution in [0.5, 0.6) is 11.5 Å². The van der Waals surface area contributed by atoms with Gasteiger partial charge in [0, 0.05) is 30.7 Å². The molecule has 3 unspecified atom stereocenters. The van der Waals surface area contributed by atoms with Gasteiger partial charge in [-0.1, -0.05) is 17.7 Å². The van der Waals surface area contributed by atoms with Crippen molar-refractivity contribution >= 4 is 12.6 Å². The summed E-state index contributed by atoms with van der Waals surface area (Å²) in [5.41, 5.74) is 3.66. The lowest BCUT2D eigenvalue weighted by Crippen LogP contribution is -2.32. The zero-order valence-corrected chi connectivity index (χ0v) is 18.3. The smallest absolute Gasteiger partial charge is 0.196 e. The van der Waals surface area contributed by atoms with Gasteiger partial charge in [-0.05, 0) is 74.9 Å². The normalized spacial score (nSPS) is 27.9. The Bertz CT molecular complexity index is 981. The molecule has 3 atom stereocenters. The number of benzene rings is 2. The standard InChI is InChI=1S/C26H30N2O3/c1-18-3-7-22(8-4-18)30-23-9-10-25(24(13-23)21-5-6-21)26(29-16-19(2)31-26)14-20-11-12-27-17-28-15-20/h3-4,7-10,13,15,17,19-21H,5-6,11-12,14,16H2,1-2H3. The van der Waals surface area contributed by atoms with Gasteiger partial charge in [0.2, 0.25) is 0 Å². The van der Waals surface area contributed by atoms with Gasteiger partial charge in [-0.3, -0.25) is 4.99 Å². The summed E-state index contributed by atoms with van der Waals surface area (Å²) in [5.74, 6) is 1.79. The van der Waals surface area contributed by atoms with E-state index in [0.29, 0.717) is 12.5 Å². The van der Waals surface area contributed by atoms with Crippen molar-refractivity contribution in [3.8, 4) is 11.5 Å². The van der Waals surface area contributed by atoms with Gasteiger partial charge in [-0.2, -0.15) is 0 Å². The fraction of sp³-hybridized carbons (Fsp3) is 0.462. The number of ether oxygens (including phenoxy) is 3. The number of hydrogen-bond donors (Lipinski definition) is 0. The van der Waals surface area contributed by atoms with Crippen LogP contribution in [0.25, 0.3) is 0 Å². The minimum atomic E-state index is -0.735. The molecule has 2 fully saturated rings. The van der Waals surface area contributed by atoms with E-state index in [-0.39, 0.29) is 12.0 Å². The summed E-state index contributed by atoms with van der Waals surface area (Å²) in [6, 6.07) is 14.6. The fourth-order valence-electron chi connectivity index (χ4n) is 4.51. The Labute approximate surface area is 184 Å². The maximum absolute atomic E-state index is 6.50. The molecule has 5 nitrogen and oxygen atoms in total. The van der Waals surface area contributed by atoms with Crippen LogP contribution >= 0.6 is 0 Å². The van der Waals surface area contributed by atoms with Gasteiger partial charge in [0.15, 0.2) is 5.79 Å². The molecule has 2 heterocycles. The molecule has 2 aromatic rings. The third-order valence-corrected chi connectivity index (χ3v) is 6.26. The molecule has 0 amide bonds. The van der Waals surface area contributed by atoms with Gasteiger partial charge in [-0.25, -0.2) is 4.99 Å². The molecule has 3 aliphatic rings. The van der Waals surface area contributed by atoms with Crippen molar-refractivity contribution in [2.45, 2.75) is 57.3 Å². The van der Waals surface area contributed by atoms with E-state index in [1.807, 2.05) is 24.4 Å². The monoisotopic (exact) mass is 418 g/mol. The van der Waals surface area contributed by atoms with E-state index in [0.717, 1.165) is 36.4 Å². The van der Waals surface area contributed by atoms with E-state index in [1.54, 1.807) is 6.34 Å². The quantitative estimate of drug-likeness (QED) is 0.599. The second-order valence-electron chi connectivity index (χ2n) is 9.00. The van der Waals surface area contributed by atoms with Crippen molar-refractivity contribution in [3.05, 3.63) is 59.2 Å². The zero-order valence-electron chi connectivity index (χ0n) is 18.3. The molecule has 5 rings (SSSR count). The number of rotatable bonds is 6. The van der Waals surface area contributed by atoms with Crippen molar-refractivity contribution in [1.29, 1.82) is 0 Å². The van der Waals surface area contributed by atoms with Crippen molar-refractivity contribution in [3.63, 3.8) is 0 Å². The van der Waals surface area contributed by atoms with Gasteiger partial charge < -0.3 is 14.2 Å². The molecule has 0 aromatic heterocycles. The van der Waals surface area contributed by atoms with Crippen LogP contribution in [0.2, 0.25) is 0 Å². The Balaban J connectivity index is 1.46. The van der Waals surface area contributed by atoms with Crippen LogP contribution in [0.4, 0.5) is 0 Å². The third kappa shape index (κ3) is 4.58. The minimum Gasteiger partial charge on any atom is -0.457 e. The molecule has 1 aliphatic carbocycles. The maximum atomic E-state index is 6.50. The Morgan fingerprint density at radius 3 is 2.61 bits per heavy atom. The molecule has 2 aliphatic heterocycles. The van der Waals surface area contributed by atoms with Crippen molar-refractivity contribution in [1.82, 2.24) is 0 Å². The van der Waals surface area contributed by atoms with E-state index in [9.17, 15) is 0 Å². The van der Waals surface area contributed by atoms with Crippen LogP contribution < -0.4 is 4.74 Å². The first-order valence-electron chi connectivity index (χ1n) is 11.3. The zero-order chi connectivity index (χ0) is 21.3.